The molecule has 0 fully saturated rings. The predicted molar refractivity (Wildman–Crippen MR) is 83.0 cm³/mol. The third kappa shape index (κ3) is 2.23. The Morgan fingerprint density at radius 2 is 1.95 bits per heavy atom. The minimum absolute atomic E-state index is 0.156. The lowest BCUT2D eigenvalue weighted by atomic mass is 9.83. The molecule has 1 aliphatic heterocycles. The minimum atomic E-state index is -0.156. The summed E-state index contributed by atoms with van der Waals surface area (Å²) in [5.74, 6) is 2.97. The van der Waals surface area contributed by atoms with Gasteiger partial charge >= 0.3 is 0 Å². The molecule has 0 saturated carbocycles. The Labute approximate surface area is 122 Å². The molecule has 2 nitrogen and oxygen atoms in total. The van der Waals surface area contributed by atoms with E-state index in [1.807, 2.05) is 17.8 Å². The normalized spacial score (nSPS) is 14.4. The van der Waals surface area contributed by atoms with Gasteiger partial charge in [0.15, 0.2) is 0 Å². The number of rotatable bonds is 2. The second kappa shape index (κ2) is 4.76. The van der Waals surface area contributed by atoms with Gasteiger partial charge in [0.2, 0.25) is 0 Å². The summed E-state index contributed by atoms with van der Waals surface area (Å²) in [5.41, 5.74) is 3.56. The van der Waals surface area contributed by atoms with E-state index in [-0.39, 0.29) is 5.41 Å². The van der Waals surface area contributed by atoms with Crippen LogP contribution in [0.4, 0.5) is 0 Å². The highest BCUT2D eigenvalue weighted by atomic mass is 32.2. The van der Waals surface area contributed by atoms with E-state index in [0.717, 1.165) is 22.0 Å². The first-order chi connectivity index (χ1) is 9.09. The van der Waals surface area contributed by atoms with Crippen molar-refractivity contribution in [1.29, 1.82) is 0 Å². The molecule has 0 spiro atoms. The van der Waals surface area contributed by atoms with E-state index in [9.17, 15) is 0 Å². The number of benzene rings is 1. The predicted octanol–water partition coefficient (Wildman–Crippen LogP) is 4.21. The summed E-state index contributed by atoms with van der Waals surface area (Å²) in [7, 11) is 0. The molecule has 2 heterocycles. The zero-order chi connectivity index (χ0) is 13.5. The first kappa shape index (κ1) is 12.9. The number of hydrogen-bond acceptors (Lipinski definition) is 3. The van der Waals surface area contributed by atoms with E-state index >= 15 is 0 Å². The SMILES string of the molecule is CC(C)(c1ccccc1)c1nc(=S)c2c([nH]1)CSC2. The van der Waals surface area contributed by atoms with E-state index in [1.54, 1.807) is 0 Å². The van der Waals surface area contributed by atoms with Crippen LogP contribution < -0.4 is 0 Å². The second-order valence-corrected chi connectivity index (χ2v) is 6.70. The van der Waals surface area contributed by atoms with E-state index in [4.69, 9.17) is 12.2 Å². The highest BCUT2D eigenvalue weighted by Crippen LogP contribution is 2.33. The molecule has 0 bridgehead atoms. The molecule has 4 heteroatoms. The van der Waals surface area contributed by atoms with E-state index < -0.39 is 0 Å². The maximum absolute atomic E-state index is 5.44. The van der Waals surface area contributed by atoms with Crippen LogP contribution in [0.3, 0.4) is 0 Å². The molecule has 0 amide bonds. The molecule has 0 radical (unpaired) electrons. The molecule has 98 valence electrons. The number of thioether (sulfide) groups is 1. The first-order valence-corrected chi connectivity index (χ1v) is 7.91. The van der Waals surface area contributed by atoms with Crippen molar-refractivity contribution in [2.45, 2.75) is 30.8 Å². The fourth-order valence-corrected chi connectivity index (χ4v) is 3.80. The molecule has 0 saturated heterocycles. The summed E-state index contributed by atoms with van der Waals surface area (Å²) in [6.45, 7) is 4.37. The topological polar surface area (TPSA) is 28.7 Å². The van der Waals surface area contributed by atoms with Crippen molar-refractivity contribution >= 4 is 24.0 Å². The Morgan fingerprint density at radius 1 is 1.21 bits per heavy atom. The molecule has 0 aliphatic carbocycles. The van der Waals surface area contributed by atoms with Crippen LogP contribution in [-0.2, 0) is 16.9 Å². The van der Waals surface area contributed by atoms with Gasteiger partial charge in [-0.15, -0.1) is 0 Å². The number of H-pyrrole nitrogens is 1. The largest absolute Gasteiger partial charge is 0.345 e. The summed E-state index contributed by atoms with van der Waals surface area (Å²) in [6.07, 6.45) is 0. The molecule has 19 heavy (non-hydrogen) atoms. The van der Waals surface area contributed by atoms with E-state index in [1.165, 1.54) is 16.8 Å². The molecule has 1 aromatic carbocycles. The van der Waals surface area contributed by atoms with Gasteiger partial charge in [-0.1, -0.05) is 42.5 Å². The van der Waals surface area contributed by atoms with Gasteiger partial charge in [-0.25, -0.2) is 4.98 Å². The highest BCUT2D eigenvalue weighted by molar-refractivity contribution is 7.98. The summed E-state index contributed by atoms with van der Waals surface area (Å²) < 4.78 is 0.762. The van der Waals surface area contributed by atoms with Gasteiger partial charge in [0.25, 0.3) is 0 Å². The minimum Gasteiger partial charge on any atom is -0.345 e. The molecular formula is C15H16N2S2. The summed E-state index contributed by atoms with van der Waals surface area (Å²) in [6, 6.07) is 10.4. The molecule has 0 unspecified atom stereocenters. The fraction of sp³-hybridized carbons (Fsp3) is 0.333. The maximum Gasteiger partial charge on any atom is 0.134 e. The zero-order valence-electron chi connectivity index (χ0n) is 11.1. The summed E-state index contributed by atoms with van der Waals surface area (Å²) >= 11 is 7.33. The van der Waals surface area contributed by atoms with Crippen molar-refractivity contribution in [3.8, 4) is 0 Å². The number of nitrogens with one attached hydrogen (secondary N) is 1. The van der Waals surface area contributed by atoms with E-state index in [2.05, 4.69) is 48.1 Å². The molecular weight excluding hydrogens is 272 g/mol. The third-order valence-corrected chi connectivity index (χ3v) is 5.01. The van der Waals surface area contributed by atoms with Crippen LogP contribution in [0, 0.1) is 4.64 Å². The third-order valence-electron chi connectivity index (χ3n) is 3.69. The zero-order valence-corrected chi connectivity index (χ0v) is 12.7. The van der Waals surface area contributed by atoms with Gasteiger partial charge in [-0.05, 0) is 19.4 Å². The Morgan fingerprint density at radius 3 is 2.68 bits per heavy atom. The van der Waals surface area contributed by atoms with Gasteiger partial charge in [0.05, 0.1) is 0 Å². The number of nitrogens with zero attached hydrogens (tertiary/aromatic N) is 1. The Bertz CT molecular complexity index is 660. The highest BCUT2D eigenvalue weighted by Gasteiger charge is 2.27. The molecule has 3 rings (SSSR count). The van der Waals surface area contributed by atoms with Gasteiger partial charge in [-0.3, -0.25) is 0 Å². The van der Waals surface area contributed by atoms with Gasteiger partial charge in [0.1, 0.15) is 10.5 Å². The number of aromatic nitrogens is 2. The first-order valence-electron chi connectivity index (χ1n) is 6.35. The van der Waals surface area contributed by atoms with Gasteiger partial charge in [0, 0.05) is 28.2 Å². The van der Waals surface area contributed by atoms with Crippen molar-refractivity contribution in [2.75, 3.05) is 0 Å². The molecule has 1 aromatic heterocycles. The Balaban J connectivity index is 2.12. The number of fused-ring (bicyclic) bond motifs is 1. The summed E-state index contributed by atoms with van der Waals surface area (Å²) in [4.78, 5) is 8.14. The second-order valence-electron chi connectivity index (χ2n) is 5.33. The number of aromatic amines is 1. The van der Waals surface area contributed by atoms with Crippen LogP contribution in [0.15, 0.2) is 30.3 Å². The molecule has 0 atom stereocenters. The smallest absolute Gasteiger partial charge is 0.134 e. The van der Waals surface area contributed by atoms with Crippen LogP contribution in [0.2, 0.25) is 0 Å². The van der Waals surface area contributed by atoms with Gasteiger partial charge < -0.3 is 4.98 Å². The Kier molecular flexibility index (Phi) is 3.23. The van der Waals surface area contributed by atoms with Crippen molar-refractivity contribution in [2.24, 2.45) is 0 Å². The monoisotopic (exact) mass is 288 g/mol. The lowest BCUT2D eigenvalue weighted by Crippen LogP contribution is -2.23. The quantitative estimate of drug-likeness (QED) is 0.839. The average Bonchev–Trinajstić information content (AvgIpc) is 2.88. The molecule has 1 N–H and O–H groups in total. The average molecular weight is 288 g/mol. The number of hydrogen-bond donors (Lipinski definition) is 1. The maximum atomic E-state index is 5.44. The Hall–Kier alpha value is -1.13. The fourth-order valence-electron chi connectivity index (χ4n) is 2.36. The van der Waals surface area contributed by atoms with Crippen molar-refractivity contribution < 1.29 is 0 Å². The lowest BCUT2D eigenvalue weighted by molar-refractivity contribution is 0.584. The van der Waals surface area contributed by atoms with Crippen LogP contribution in [0.5, 0.6) is 0 Å². The van der Waals surface area contributed by atoms with Crippen molar-refractivity contribution in [3.63, 3.8) is 0 Å². The van der Waals surface area contributed by atoms with Crippen molar-refractivity contribution in [3.05, 3.63) is 57.6 Å². The van der Waals surface area contributed by atoms with Gasteiger partial charge in [-0.2, -0.15) is 11.8 Å². The molecule has 1 aliphatic rings. The molecule has 2 aromatic rings. The standard InChI is InChI=1S/C15H16N2S2/c1-15(2,10-6-4-3-5-7-10)14-16-12-9-19-8-11(12)13(18)17-14/h3-7H,8-9H2,1-2H3,(H,16,17,18). The van der Waals surface area contributed by atoms with Crippen LogP contribution in [0.1, 0.15) is 36.5 Å². The van der Waals surface area contributed by atoms with E-state index in [0.29, 0.717) is 0 Å². The van der Waals surface area contributed by atoms with Crippen LogP contribution in [-0.4, -0.2) is 9.97 Å². The lowest BCUT2D eigenvalue weighted by Gasteiger charge is -2.25. The van der Waals surface area contributed by atoms with Crippen LogP contribution >= 0.6 is 24.0 Å². The van der Waals surface area contributed by atoms with Crippen LogP contribution in [0.25, 0.3) is 0 Å². The summed E-state index contributed by atoms with van der Waals surface area (Å²) in [5, 5.41) is 0. The van der Waals surface area contributed by atoms with Crippen molar-refractivity contribution in [1.82, 2.24) is 9.97 Å².